The summed E-state index contributed by atoms with van der Waals surface area (Å²) in [6.45, 7) is 2.19. The molecule has 2 aliphatic carbocycles. The second kappa shape index (κ2) is 5.17. The molecule has 3 atom stereocenters. The van der Waals surface area contributed by atoms with Crippen LogP contribution < -0.4 is 5.32 Å². The Morgan fingerprint density at radius 3 is 3.00 bits per heavy atom. The molecule has 3 unspecified atom stereocenters. The number of benzene rings is 1. The Morgan fingerprint density at radius 2 is 2.15 bits per heavy atom. The highest BCUT2D eigenvalue weighted by atomic mass is 14.9. The summed E-state index contributed by atoms with van der Waals surface area (Å²) in [6, 6.07) is 10.7. The molecule has 0 amide bonds. The van der Waals surface area contributed by atoms with E-state index < -0.39 is 0 Å². The van der Waals surface area contributed by atoms with Crippen molar-refractivity contribution < 1.29 is 0 Å². The predicted molar refractivity (Wildman–Crippen MR) is 82.4 cm³/mol. The van der Waals surface area contributed by atoms with Crippen LogP contribution in [0.2, 0.25) is 0 Å². The van der Waals surface area contributed by atoms with Crippen LogP contribution in [0, 0.1) is 17.8 Å². The lowest BCUT2D eigenvalue weighted by Gasteiger charge is -2.21. The van der Waals surface area contributed by atoms with Gasteiger partial charge in [-0.2, -0.15) is 0 Å². The molecule has 1 aromatic heterocycles. The van der Waals surface area contributed by atoms with Crippen molar-refractivity contribution in [1.82, 2.24) is 10.3 Å². The van der Waals surface area contributed by atoms with Crippen molar-refractivity contribution >= 4 is 10.9 Å². The van der Waals surface area contributed by atoms with Gasteiger partial charge in [0.05, 0.1) is 5.52 Å². The van der Waals surface area contributed by atoms with Gasteiger partial charge >= 0.3 is 0 Å². The Kier molecular flexibility index (Phi) is 3.19. The number of hydrogen-bond acceptors (Lipinski definition) is 2. The van der Waals surface area contributed by atoms with Gasteiger partial charge in [-0.05, 0) is 67.3 Å². The minimum atomic E-state index is 0.941. The lowest BCUT2D eigenvalue weighted by atomic mass is 9.89. The molecule has 0 radical (unpaired) electrons. The third-order valence-corrected chi connectivity index (χ3v) is 5.29. The quantitative estimate of drug-likeness (QED) is 0.911. The fraction of sp³-hybridized carbons (Fsp3) is 0.500. The summed E-state index contributed by atoms with van der Waals surface area (Å²) >= 11 is 0. The van der Waals surface area contributed by atoms with E-state index in [2.05, 4.69) is 34.6 Å². The van der Waals surface area contributed by atoms with E-state index in [1.807, 2.05) is 12.3 Å². The highest BCUT2D eigenvalue weighted by molar-refractivity contribution is 5.78. The molecule has 1 N–H and O–H groups in total. The maximum Gasteiger partial charge on any atom is 0.0702 e. The molecule has 1 aromatic carbocycles. The monoisotopic (exact) mass is 266 g/mol. The summed E-state index contributed by atoms with van der Waals surface area (Å²) in [5.74, 6) is 3.02. The van der Waals surface area contributed by atoms with E-state index in [0.29, 0.717) is 0 Å². The molecule has 104 valence electrons. The average molecular weight is 266 g/mol. The number of fused-ring (bicyclic) bond motifs is 3. The first-order chi connectivity index (χ1) is 9.88. The normalized spacial score (nSPS) is 28.3. The van der Waals surface area contributed by atoms with E-state index in [-0.39, 0.29) is 0 Å². The minimum absolute atomic E-state index is 0.941. The third kappa shape index (κ3) is 2.33. The SMILES string of the molecule is c1cnc2ccc(CNCC3CC4CCC3C4)cc2c1. The Bertz CT molecular complexity index is 607. The zero-order valence-electron chi connectivity index (χ0n) is 11.9. The summed E-state index contributed by atoms with van der Waals surface area (Å²) in [7, 11) is 0. The summed E-state index contributed by atoms with van der Waals surface area (Å²) in [5, 5.41) is 4.92. The van der Waals surface area contributed by atoms with Gasteiger partial charge in [0, 0.05) is 18.1 Å². The molecule has 0 aliphatic heterocycles. The number of rotatable bonds is 4. The van der Waals surface area contributed by atoms with E-state index >= 15 is 0 Å². The molecular weight excluding hydrogens is 244 g/mol. The second-order valence-electron chi connectivity index (χ2n) is 6.60. The largest absolute Gasteiger partial charge is 0.312 e. The van der Waals surface area contributed by atoms with Gasteiger partial charge in [0.2, 0.25) is 0 Å². The first-order valence-electron chi connectivity index (χ1n) is 7.93. The smallest absolute Gasteiger partial charge is 0.0702 e. The zero-order valence-corrected chi connectivity index (χ0v) is 11.9. The van der Waals surface area contributed by atoms with Crippen LogP contribution in [-0.4, -0.2) is 11.5 Å². The van der Waals surface area contributed by atoms with E-state index in [1.165, 1.54) is 43.2 Å². The number of hydrogen-bond donors (Lipinski definition) is 1. The number of nitrogens with one attached hydrogen (secondary N) is 1. The van der Waals surface area contributed by atoms with Crippen LogP contribution in [0.25, 0.3) is 10.9 Å². The Morgan fingerprint density at radius 1 is 1.15 bits per heavy atom. The van der Waals surface area contributed by atoms with Gasteiger partial charge < -0.3 is 5.32 Å². The first-order valence-corrected chi connectivity index (χ1v) is 7.93. The summed E-state index contributed by atoms with van der Waals surface area (Å²) in [4.78, 5) is 4.37. The molecule has 2 aromatic rings. The van der Waals surface area contributed by atoms with Gasteiger partial charge in [-0.15, -0.1) is 0 Å². The molecule has 2 nitrogen and oxygen atoms in total. The van der Waals surface area contributed by atoms with Gasteiger partial charge in [-0.3, -0.25) is 4.98 Å². The molecule has 20 heavy (non-hydrogen) atoms. The van der Waals surface area contributed by atoms with Crippen molar-refractivity contribution in [1.29, 1.82) is 0 Å². The molecule has 2 aliphatic rings. The Labute approximate surface area is 120 Å². The third-order valence-electron chi connectivity index (χ3n) is 5.29. The van der Waals surface area contributed by atoms with E-state index in [9.17, 15) is 0 Å². The minimum Gasteiger partial charge on any atom is -0.312 e. The Balaban J connectivity index is 1.36. The first kappa shape index (κ1) is 12.3. The number of pyridine rings is 1. The number of aromatic nitrogens is 1. The van der Waals surface area contributed by atoms with E-state index in [0.717, 1.165) is 29.8 Å². The zero-order chi connectivity index (χ0) is 13.4. The van der Waals surface area contributed by atoms with Crippen LogP contribution in [0.5, 0.6) is 0 Å². The van der Waals surface area contributed by atoms with E-state index in [4.69, 9.17) is 0 Å². The lowest BCUT2D eigenvalue weighted by Crippen LogP contribution is -2.26. The van der Waals surface area contributed by atoms with Crippen molar-refractivity contribution in [3.63, 3.8) is 0 Å². The molecular formula is C18H22N2. The molecule has 2 bridgehead atoms. The maximum absolute atomic E-state index is 4.37. The summed E-state index contributed by atoms with van der Waals surface area (Å²) in [5.41, 5.74) is 2.46. The predicted octanol–water partition coefficient (Wildman–Crippen LogP) is 3.76. The van der Waals surface area contributed by atoms with Gasteiger partial charge in [-0.25, -0.2) is 0 Å². The van der Waals surface area contributed by atoms with Crippen LogP contribution in [0.3, 0.4) is 0 Å². The van der Waals surface area contributed by atoms with Crippen LogP contribution in [0.15, 0.2) is 36.5 Å². The second-order valence-corrected chi connectivity index (χ2v) is 6.60. The van der Waals surface area contributed by atoms with Crippen molar-refractivity contribution in [3.05, 3.63) is 42.1 Å². The topological polar surface area (TPSA) is 24.9 Å². The van der Waals surface area contributed by atoms with Crippen molar-refractivity contribution in [2.75, 3.05) is 6.54 Å². The van der Waals surface area contributed by atoms with Crippen LogP contribution in [0.4, 0.5) is 0 Å². The van der Waals surface area contributed by atoms with Crippen LogP contribution in [-0.2, 0) is 6.54 Å². The van der Waals surface area contributed by atoms with Crippen molar-refractivity contribution in [3.8, 4) is 0 Å². The molecule has 2 fully saturated rings. The lowest BCUT2D eigenvalue weighted by molar-refractivity contribution is 0.318. The van der Waals surface area contributed by atoms with Gasteiger partial charge in [0.1, 0.15) is 0 Å². The molecule has 0 saturated heterocycles. The highest BCUT2D eigenvalue weighted by Gasteiger charge is 2.38. The van der Waals surface area contributed by atoms with Crippen LogP contribution >= 0.6 is 0 Å². The fourth-order valence-electron chi connectivity index (χ4n) is 4.26. The molecule has 0 spiro atoms. The standard InChI is InChI=1S/C18H22N2/c1-2-16-10-14(4-6-18(16)20-7-1)11-19-12-17-9-13-3-5-15(17)8-13/h1-2,4,6-7,10,13,15,17,19H,3,5,8-9,11-12H2. The summed E-state index contributed by atoms with van der Waals surface area (Å²) in [6.07, 6.45) is 7.82. The van der Waals surface area contributed by atoms with Crippen LogP contribution in [0.1, 0.15) is 31.2 Å². The van der Waals surface area contributed by atoms with Crippen molar-refractivity contribution in [2.45, 2.75) is 32.2 Å². The fourth-order valence-corrected chi connectivity index (χ4v) is 4.26. The molecule has 1 heterocycles. The van der Waals surface area contributed by atoms with Crippen molar-refractivity contribution in [2.24, 2.45) is 17.8 Å². The average Bonchev–Trinajstić information content (AvgIpc) is 3.10. The van der Waals surface area contributed by atoms with Gasteiger partial charge in [-0.1, -0.05) is 18.6 Å². The van der Waals surface area contributed by atoms with Gasteiger partial charge in [0.15, 0.2) is 0 Å². The van der Waals surface area contributed by atoms with Gasteiger partial charge in [0.25, 0.3) is 0 Å². The highest BCUT2D eigenvalue weighted by Crippen LogP contribution is 2.47. The molecule has 4 rings (SSSR count). The molecule has 2 heteroatoms. The number of nitrogens with zero attached hydrogens (tertiary/aromatic N) is 1. The molecule has 2 saturated carbocycles. The summed E-state index contributed by atoms with van der Waals surface area (Å²) < 4.78 is 0. The Hall–Kier alpha value is -1.41. The maximum atomic E-state index is 4.37. The van der Waals surface area contributed by atoms with E-state index in [1.54, 1.807) is 0 Å².